The molecule has 0 unspecified atom stereocenters. The van der Waals surface area contributed by atoms with E-state index < -0.39 is 17.4 Å². The molecular weight excluding hydrogens is 310 g/mol. The molecule has 1 aromatic rings. The molecule has 22 heavy (non-hydrogen) atoms. The number of benzene rings is 1. The van der Waals surface area contributed by atoms with Gasteiger partial charge in [0.05, 0.1) is 25.3 Å². The summed E-state index contributed by atoms with van der Waals surface area (Å²) >= 11 is 6.15. The standard InChI is InChI=1S/C15H18ClNO5/c1-15(2,14(19)20-3)17-13(18)9-7-10(16)12-11(8-9)21-5-4-6-22-12/h7-8H,4-6H2,1-3H3,(H,17,18). The maximum atomic E-state index is 12.3. The van der Waals surface area contributed by atoms with Gasteiger partial charge in [-0.15, -0.1) is 0 Å². The van der Waals surface area contributed by atoms with Crippen molar-refractivity contribution in [2.24, 2.45) is 0 Å². The Labute approximate surface area is 133 Å². The molecule has 0 radical (unpaired) electrons. The van der Waals surface area contributed by atoms with Crippen molar-refractivity contribution in [3.63, 3.8) is 0 Å². The minimum absolute atomic E-state index is 0.284. The first kappa shape index (κ1) is 16.4. The van der Waals surface area contributed by atoms with Crippen molar-refractivity contribution in [1.29, 1.82) is 0 Å². The molecule has 1 amide bonds. The topological polar surface area (TPSA) is 73.9 Å². The third-order valence-corrected chi connectivity index (χ3v) is 3.47. The van der Waals surface area contributed by atoms with E-state index in [1.165, 1.54) is 13.2 Å². The molecule has 0 atom stereocenters. The highest BCUT2D eigenvalue weighted by atomic mass is 35.5. The van der Waals surface area contributed by atoms with Gasteiger partial charge in [-0.05, 0) is 26.0 Å². The van der Waals surface area contributed by atoms with Gasteiger partial charge in [0.2, 0.25) is 0 Å². The molecule has 0 aromatic heterocycles. The summed E-state index contributed by atoms with van der Waals surface area (Å²) in [6.07, 6.45) is 0.738. The fraction of sp³-hybridized carbons (Fsp3) is 0.467. The molecule has 0 spiro atoms. The van der Waals surface area contributed by atoms with Gasteiger partial charge in [-0.1, -0.05) is 11.6 Å². The summed E-state index contributed by atoms with van der Waals surface area (Å²) in [4.78, 5) is 24.0. The van der Waals surface area contributed by atoms with Crippen molar-refractivity contribution in [3.8, 4) is 11.5 Å². The fourth-order valence-corrected chi connectivity index (χ4v) is 2.29. The quantitative estimate of drug-likeness (QED) is 0.861. The molecular formula is C15H18ClNO5. The van der Waals surface area contributed by atoms with Gasteiger partial charge in [-0.25, -0.2) is 4.79 Å². The monoisotopic (exact) mass is 327 g/mol. The number of esters is 1. The molecule has 1 aliphatic rings. The van der Waals surface area contributed by atoms with E-state index in [2.05, 4.69) is 10.1 Å². The summed E-state index contributed by atoms with van der Waals surface area (Å²) in [5.74, 6) is -0.136. The minimum atomic E-state index is -1.15. The fourth-order valence-electron chi connectivity index (χ4n) is 2.02. The summed E-state index contributed by atoms with van der Waals surface area (Å²) in [6, 6.07) is 3.03. The second kappa shape index (κ2) is 6.44. The lowest BCUT2D eigenvalue weighted by atomic mass is 10.0. The van der Waals surface area contributed by atoms with Crippen LogP contribution in [0.15, 0.2) is 12.1 Å². The zero-order valence-electron chi connectivity index (χ0n) is 12.7. The van der Waals surface area contributed by atoms with Crippen LogP contribution in [0.3, 0.4) is 0 Å². The molecule has 0 saturated heterocycles. The molecule has 0 saturated carbocycles. The molecule has 1 aromatic carbocycles. The summed E-state index contributed by atoms with van der Waals surface area (Å²) in [6.45, 7) is 4.11. The number of hydrogen-bond donors (Lipinski definition) is 1. The van der Waals surface area contributed by atoms with Crippen molar-refractivity contribution in [2.45, 2.75) is 25.8 Å². The van der Waals surface area contributed by atoms with Gasteiger partial charge >= 0.3 is 5.97 Å². The lowest BCUT2D eigenvalue weighted by Gasteiger charge is -2.23. The number of carbonyl (C=O) groups excluding carboxylic acids is 2. The lowest BCUT2D eigenvalue weighted by Crippen LogP contribution is -2.50. The number of amides is 1. The average molecular weight is 328 g/mol. The molecule has 0 aliphatic carbocycles. The van der Waals surface area contributed by atoms with Gasteiger partial charge in [-0.2, -0.15) is 0 Å². The zero-order valence-corrected chi connectivity index (χ0v) is 13.5. The van der Waals surface area contributed by atoms with Gasteiger partial charge in [0, 0.05) is 12.0 Å². The summed E-state index contributed by atoms with van der Waals surface area (Å²) < 4.78 is 15.7. The number of rotatable bonds is 3. The number of hydrogen-bond acceptors (Lipinski definition) is 5. The Morgan fingerprint density at radius 1 is 1.27 bits per heavy atom. The van der Waals surface area contributed by atoms with E-state index in [1.807, 2.05) is 0 Å². The summed E-state index contributed by atoms with van der Waals surface area (Å²) in [5.41, 5.74) is -0.867. The molecule has 120 valence electrons. The second-order valence-electron chi connectivity index (χ2n) is 5.41. The van der Waals surface area contributed by atoms with E-state index in [-0.39, 0.29) is 5.56 Å². The normalized spacial score (nSPS) is 14.0. The summed E-state index contributed by atoms with van der Waals surface area (Å²) in [5, 5.41) is 2.90. The Morgan fingerprint density at radius 2 is 1.95 bits per heavy atom. The van der Waals surface area contributed by atoms with E-state index in [4.69, 9.17) is 21.1 Å². The molecule has 1 heterocycles. The number of carbonyl (C=O) groups is 2. The lowest BCUT2D eigenvalue weighted by molar-refractivity contribution is -0.146. The van der Waals surface area contributed by atoms with Crippen LogP contribution in [0.4, 0.5) is 0 Å². The van der Waals surface area contributed by atoms with Crippen molar-refractivity contribution < 1.29 is 23.8 Å². The number of nitrogens with one attached hydrogen (secondary N) is 1. The number of halogens is 1. The average Bonchev–Trinajstić information content (AvgIpc) is 2.71. The van der Waals surface area contributed by atoms with Crippen molar-refractivity contribution in [3.05, 3.63) is 22.7 Å². The van der Waals surface area contributed by atoms with E-state index in [0.717, 1.165) is 6.42 Å². The Balaban J connectivity index is 2.26. The van der Waals surface area contributed by atoms with Crippen LogP contribution in [0.25, 0.3) is 0 Å². The molecule has 1 aliphatic heterocycles. The summed E-state index contributed by atoms with van der Waals surface area (Å²) in [7, 11) is 1.26. The first-order chi connectivity index (χ1) is 10.3. The zero-order chi connectivity index (χ0) is 16.3. The third kappa shape index (κ3) is 3.44. The van der Waals surface area contributed by atoms with Crippen LogP contribution in [0.2, 0.25) is 5.02 Å². The highest BCUT2D eigenvalue weighted by Crippen LogP contribution is 2.38. The van der Waals surface area contributed by atoms with E-state index in [1.54, 1.807) is 19.9 Å². The molecule has 0 bridgehead atoms. The highest BCUT2D eigenvalue weighted by Gasteiger charge is 2.31. The molecule has 2 rings (SSSR count). The molecule has 7 heteroatoms. The van der Waals surface area contributed by atoms with Gasteiger partial charge in [0.1, 0.15) is 5.54 Å². The maximum absolute atomic E-state index is 12.3. The van der Waals surface area contributed by atoms with Crippen molar-refractivity contribution in [1.82, 2.24) is 5.32 Å². The van der Waals surface area contributed by atoms with Crippen LogP contribution in [-0.2, 0) is 9.53 Å². The van der Waals surface area contributed by atoms with Crippen LogP contribution in [0, 0.1) is 0 Å². The number of methoxy groups -OCH3 is 1. The number of ether oxygens (including phenoxy) is 3. The van der Waals surface area contributed by atoms with Gasteiger partial charge in [0.25, 0.3) is 5.91 Å². The van der Waals surface area contributed by atoms with Crippen LogP contribution in [-0.4, -0.2) is 37.7 Å². The number of fused-ring (bicyclic) bond motifs is 1. The molecule has 0 fully saturated rings. The predicted molar refractivity (Wildman–Crippen MR) is 80.6 cm³/mol. The minimum Gasteiger partial charge on any atom is -0.489 e. The van der Waals surface area contributed by atoms with E-state index in [9.17, 15) is 9.59 Å². The first-order valence-corrected chi connectivity index (χ1v) is 7.23. The largest absolute Gasteiger partial charge is 0.489 e. The van der Waals surface area contributed by atoms with Crippen LogP contribution in [0.5, 0.6) is 11.5 Å². The van der Waals surface area contributed by atoms with Crippen molar-refractivity contribution >= 4 is 23.5 Å². The van der Waals surface area contributed by atoms with Crippen LogP contribution < -0.4 is 14.8 Å². The van der Waals surface area contributed by atoms with Gasteiger partial charge < -0.3 is 19.5 Å². The van der Waals surface area contributed by atoms with Gasteiger partial charge in [0.15, 0.2) is 11.5 Å². The predicted octanol–water partition coefficient (Wildman–Crippen LogP) is 2.18. The SMILES string of the molecule is COC(=O)C(C)(C)NC(=O)c1cc(Cl)c2c(c1)OCCCO2. The maximum Gasteiger partial charge on any atom is 0.330 e. The van der Waals surface area contributed by atoms with Crippen molar-refractivity contribution in [2.75, 3.05) is 20.3 Å². The Morgan fingerprint density at radius 3 is 2.64 bits per heavy atom. The molecule has 6 nitrogen and oxygen atoms in total. The Hall–Kier alpha value is -1.95. The van der Waals surface area contributed by atoms with Crippen LogP contribution >= 0.6 is 11.6 Å². The van der Waals surface area contributed by atoms with E-state index in [0.29, 0.717) is 29.7 Å². The Bertz CT molecular complexity index is 600. The van der Waals surface area contributed by atoms with Gasteiger partial charge in [-0.3, -0.25) is 4.79 Å². The highest BCUT2D eigenvalue weighted by molar-refractivity contribution is 6.32. The molecule has 1 N–H and O–H groups in total. The first-order valence-electron chi connectivity index (χ1n) is 6.85. The van der Waals surface area contributed by atoms with E-state index >= 15 is 0 Å². The van der Waals surface area contributed by atoms with Crippen LogP contribution in [0.1, 0.15) is 30.6 Å². The smallest absolute Gasteiger partial charge is 0.330 e. The second-order valence-corrected chi connectivity index (χ2v) is 5.81. The Kier molecular flexibility index (Phi) is 4.81. The third-order valence-electron chi connectivity index (χ3n) is 3.19.